The largest absolute Gasteiger partial charge is 0.379 e. The van der Waals surface area contributed by atoms with Crippen molar-refractivity contribution >= 4 is 23.2 Å². The van der Waals surface area contributed by atoms with Gasteiger partial charge in [0.2, 0.25) is 0 Å². The fourth-order valence-corrected chi connectivity index (χ4v) is 2.73. The summed E-state index contributed by atoms with van der Waals surface area (Å²) in [5.41, 5.74) is 2.63. The molecule has 0 fully saturated rings. The lowest BCUT2D eigenvalue weighted by molar-refractivity contribution is -0.713. The summed E-state index contributed by atoms with van der Waals surface area (Å²) in [6, 6.07) is 15.1. The van der Waals surface area contributed by atoms with Crippen LogP contribution in [0.2, 0.25) is 5.02 Å². The van der Waals surface area contributed by atoms with Gasteiger partial charge in [0, 0.05) is 23.4 Å². The quantitative estimate of drug-likeness (QED) is 0.809. The molecule has 0 saturated carbocycles. The van der Waals surface area contributed by atoms with Crippen LogP contribution in [0.15, 0.2) is 48.5 Å². The Morgan fingerprint density at radius 2 is 1.96 bits per heavy atom. The Labute approximate surface area is 148 Å². The highest BCUT2D eigenvalue weighted by Gasteiger charge is 2.26. The molecule has 2 rings (SSSR count). The Kier molecular flexibility index (Phi) is 6.79. The first-order valence-electron chi connectivity index (χ1n) is 7.97. The molecule has 0 radical (unpaired) electrons. The van der Waals surface area contributed by atoms with E-state index in [0.29, 0.717) is 17.3 Å². The number of methoxy groups -OCH3 is 1. The highest BCUT2D eigenvalue weighted by molar-refractivity contribution is 6.31. The number of amides is 1. The molecule has 0 saturated heterocycles. The van der Waals surface area contributed by atoms with Crippen LogP contribution in [0, 0.1) is 6.92 Å². The van der Waals surface area contributed by atoms with E-state index in [1.807, 2.05) is 61.6 Å². The number of benzene rings is 2. The number of nitrogens with one attached hydrogen (secondary N) is 1. The Balaban J connectivity index is 2.18. The van der Waals surface area contributed by atoms with Crippen LogP contribution in [0.1, 0.15) is 24.1 Å². The first-order valence-corrected chi connectivity index (χ1v) is 8.35. The Bertz CT molecular complexity index is 676. The summed E-state index contributed by atoms with van der Waals surface area (Å²) < 4.78 is 5.19. The number of hydrogen-bond donors (Lipinski definition) is 2. The number of ether oxygens (including phenoxy) is 1. The molecule has 0 aliphatic carbocycles. The minimum atomic E-state index is -0.351. The second-order valence-corrected chi connectivity index (χ2v) is 6.37. The zero-order valence-corrected chi connectivity index (χ0v) is 15.0. The monoisotopic (exact) mass is 347 g/mol. The lowest BCUT2D eigenvalue weighted by Gasteiger charge is -2.20. The van der Waals surface area contributed by atoms with Crippen LogP contribution < -0.4 is 10.6 Å². The van der Waals surface area contributed by atoms with Crippen LogP contribution >= 0.6 is 11.6 Å². The van der Waals surface area contributed by atoms with Gasteiger partial charge in [-0.25, -0.2) is 0 Å². The van der Waals surface area contributed by atoms with Crippen LogP contribution in [0.3, 0.4) is 0 Å². The molecule has 0 bridgehead atoms. The molecule has 0 unspecified atom stereocenters. The van der Waals surface area contributed by atoms with Gasteiger partial charge in [-0.15, -0.1) is 0 Å². The molecule has 2 aromatic rings. The van der Waals surface area contributed by atoms with Crippen molar-refractivity contribution in [3.63, 3.8) is 0 Å². The Morgan fingerprint density at radius 3 is 2.58 bits per heavy atom. The van der Waals surface area contributed by atoms with Crippen molar-refractivity contribution in [3.8, 4) is 0 Å². The van der Waals surface area contributed by atoms with Crippen LogP contribution in [-0.4, -0.2) is 25.7 Å². The Hall–Kier alpha value is -1.88. The van der Waals surface area contributed by atoms with Gasteiger partial charge in [0.15, 0.2) is 6.04 Å². The number of aryl methyl sites for hydroxylation is 1. The average Bonchev–Trinajstić information content (AvgIpc) is 2.57. The lowest BCUT2D eigenvalue weighted by atomic mass is 10.0. The highest BCUT2D eigenvalue weighted by atomic mass is 35.5. The van der Waals surface area contributed by atoms with Gasteiger partial charge >= 0.3 is 0 Å². The third-order valence-corrected chi connectivity index (χ3v) is 4.24. The maximum atomic E-state index is 12.8. The summed E-state index contributed by atoms with van der Waals surface area (Å²) in [6.07, 6.45) is 0. The maximum Gasteiger partial charge on any atom is 0.287 e. The second-order valence-electron chi connectivity index (χ2n) is 5.97. The maximum absolute atomic E-state index is 12.8. The van der Waals surface area contributed by atoms with Crippen LogP contribution in [0.4, 0.5) is 5.69 Å². The summed E-state index contributed by atoms with van der Waals surface area (Å²) in [4.78, 5) is 12.8. The molecular weight excluding hydrogens is 324 g/mol. The van der Waals surface area contributed by atoms with Crippen molar-refractivity contribution < 1.29 is 14.8 Å². The van der Waals surface area contributed by atoms with Gasteiger partial charge in [0.05, 0.1) is 6.61 Å². The summed E-state index contributed by atoms with van der Waals surface area (Å²) in [5.74, 6) is -0.0796. The third kappa shape index (κ3) is 5.06. The summed E-state index contributed by atoms with van der Waals surface area (Å²) in [6.45, 7) is 4.54. The van der Waals surface area contributed by atoms with E-state index in [-0.39, 0.29) is 18.0 Å². The van der Waals surface area contributed by atoms with E-state index in [0.717, 1.165) is 11.1 Å². The van der Waals surface area contributed by atoms with Crippen molar-refractivity contribution in [2.24, 2.45) is 0 Å². The van der Waals surface area contributed by atoms with Crippen molar-refractivity contribution in [1.29, 1.82) is 0 Å². The van der Waals surface area contributed by atoms with Crippen molar-refractivity contribution in [3.05, 3.63) is 64.7 Å². The smallest absolute Gasteiger partial charge is 0.287 e. The molecule has 0 spiro atoms. The summed E-state index contributed by atoms with van der Waals surface area (Å²) in [7, 11) is 1.66. The van der Waals surface area contributed by atoms with Gasteiger partial charge in [-0.05, 0) is 31.5 Å². The number of anilines is 1. The van der Waals surface area contributed by atoms with Gasteiger partial charge in [-0.3, -0.25) is 4.79 Å². The van der Waals surface area contributed by atoms with Gasteiger partial charge in [-0.2, -0.15) is 0 Å². The first kappa shape index (κ1) is 18.5. The van der Waals surface area contributed by atoms with Gasteiger partial charge in [0.1, 0.15) is 6.04 Å². The summed E-state index contributed by atoms with van der Waals surface area (Å²) >= 11 is 6.14. The number of carbonyl (C=O) groups excluding carboxylic acids is 1. The van der Waals surface area contributed by atoms with E-state index in [9.17, 15) is 4.79 Å². The average molecular weight is 348 g/mol. The van der Waals surface area contributed by atoms with E-state index in [1.54, 1.807) is 13.2 Å². The number of quaternary nitrogens is 1. The van der Waals surface area contributed by atoms with E-state index < -0.39 is 0 Å². The SMILES string of the molecule is COC[C@H](C)[NH2+][C@H](C(=O)Nc1ccc(C)c(Cl)c1)c1ccccc1. The highest BCUT2D eigenvalue weighted by Crippen LogP contribution is 2.21. The van der Waals surface area contributed by atoms with Gasteiger partial charge < -0.3 is 15.4 Å². The summed E-state index contributed by atoms with van der Waals surface area (Å²) in [5, 5.41) is 5.62. The molecule has 2 atom stereocenters. The molecule has 5 heteroatoms. The van der Waals surface area contributed by atoms with E-state index in [4.69, 9.17) is 16.3 Å². The number of nitrogens with two attached hydrogens (primary N) is 1. The van der Waals surface area contributed by atoms with E-state index in [1.165, 1.54) is 0 Å². The molecule has 2 aromatic carbocycles. The first-order chi connectivity index (χ1) is 11.5. The molecule has 0 aliphatic rings. The molecule has 3 N–H and O–H groups in total. The lowest BCUT2D eigenvalue weighted by Crippen LogP contribution is -2.92. The number of halogens is 1. The number of rotatable bonds is 7. The van der Waals surface area contributed by atoms with Gasteiger partial charge in [0.25, 0.3) is 5.91 Å². The molecule has 1 amide bonds. The topological polar surface area (TPSA) is 54.9 Å². The van der Waals surface area contributed by atoms with Crippen molar-refractivity contribution in [1.82, 2.24) is 0 Å². The number of hydrogen-bond acceptors (Lipinski definition) is 2. The van der Waals surface area contributed by atoms with Crippen LogP contribution in [0.5, 0.6) is 0 Å². The molecule has 128 valence electrons. The van der Waals surface area contributed by atoms with Crippen molar-refractivity contribution in [2.75, 3.05) is 19.0 Å². The molecule has 0 aliphatic heterocycles. The van der Waals surface area contributed by atoms with Crippen molar-refractivity contribution in [2.45, 2.75) is 25.9 Å². The van der Waals surface area contributed by atoms with Crippen LogP contribution in [0.25, 0.3) is 0 Å². The van der Waals surface area contributed by atoms with E-state index in [2.05, 4.69) is 5.32 Å². The minimum absolute atomic E-state index is 0.0796. The second kappa shape index (κ2) is 8.83. The normalized spacial score (nSPS) is 13.3. The van der Waals surface area contributed by atoms with Gasteiger partial charge in [-0.1, -0.05) is 48.0 Å². The number of carbonyl (C=O) groups is 1. The molecule has 4 nitrogen and oxygen atoms in total. The standard InChI is InChI=1S/C19H23ClN2O2/c1-13-9-10-16(11-17(13)20)22-19(23)18(21-14(2)12-24-3)15-7-5-4-6-8-15/h4-11,14,18,21H,12H2,1-3H3,(H,22,23)/p+1/t14-,18-/m0/s1. The minimum Gasteiger partial charge on any atom is -0.379 e. The van der Waals surface area contributed by atoms with Crippen LogP contribution in [-0.2, 0) is 9.53 Å². The third-order valence-electron chi connectivity index (χ3n) is 3.83. The molecule has 0 heterocycles. The predicted molar refractivity (Wildman–Crippen MR) is 97.3 cm³/mol. The predicted octanol–water partition coefficient (Wildman–Crippen LogP) is 2.93. The molecular formula is C19H24ClN2O2+. The Morgan fingerprint density at radius 1 is 1.25 bits per heavy atom. The molecule has 0 aromatic heterocycles. The molecule has 24 heavy (non-hydrogen) atoms. The van der Waals surface area contributed by atoms with E-state index >= 15 is 0 Å². The fraction of sp³-hybridized carbons (Fsp3) is 0.316. The zero-order valence-electron chi connectivity index (χ0n) is 14.3. The zero-order chi connectivity index (χ0) is 17.5. The fourth-order valence-electron chi connectivity index (χ4n) is 2.55.